The molecule has 2 heterocycles. The minimum atomic E-state index is -0.361. The van der Waals surface area contributed by atoms with E-state index >= 15 is 0 Å². The number of hydrogen-bond acceptors (Lipinski definition) is 6. The number of thiophene rings is 1. The zero-order chi connectivity index (χ0) is 19.7. The van der Waals surface area contributed by atoms with E-state index in [1.165, 1.54) is 35.8 Å². The smallest absolute Gasteiger partial charge is 0.269 e. The second-order valence-corrected chi connectivity index (χ2v) is 8.71. The van der Waals surface area contributed by atoms with Crippen LogP contribution in [-0.4, -0.2) is 14.9 Å². The predicted molar refractivity (Wildman–Crippen MR) is 113 cm³/mol. The van der Waals surface area contributed by atoms with Crippen molar-refractivity contribution in [3.05, 3.63) is 56.2 Å². The number of rotatable bonds is 5. The normalized spacial score (nSPS) is 15.1. The fraction of sp³-hybridized carbons (Fsp3) is 0.429. The molecule has 0 atom stereocenters. The van der Waals surface area contributed by atoms with Crippen LogP contribution in [0.3, 0.4) is 0 Å². The van der Waals surface area contributed by atoms with Crippen molar-refractivity contribution in [3.8, 4) is 0 Å². The maximum atomic E-state index is 11.0. The minimum absolute atomic E-state index is 0.109. The fourth-order valence-electron chi connectivity index (χ4n) is 3.90. The number of nitrogens with zero attached hydrogens (tertiary/aromatic N) is 3. The van der Waals surface area contributed by atoms with E-state index in [2.05, 4.69) is 19.2 Å². The van der Waals surface area contributed by atoms with Crippen LogP contribution in [0.25, 0.3) is 10.2 Å². The first kappa shape index (κ1) is 18.8. The summed E-state index contributed by atoms with van der Waals surface area (Å²) < 4.78 is 0. The Labute approximate surface area is 168 Å². The van der Waals surface area contributed by atoms with Gasteiger partial charge in [0.15, 0.2) is 0 Å². The van der Waals surface area contributed by atoms with Gasteiger partial charge in [0.1, 0.15) is 16.5 Å². The molecule has 1 fully saturated rings. The third-order valence-electron chi connectivity index (χ3n) is 5.60. The molecule has 4 rings (SSSR count). The van der Waals surface area contributed by atoms with Crippen molar-refractivity contribution in [3.63, 3.8) is 0 Å². The summed E-state index contributed by atoms with van der Waals surface area (Å²) in [5.41, 5.74) is 2.18. The van der Waals surface area contributed by atoms with E-state index in [4.69, 9.17) is 9.97 Å². The van der Waals surface area contributed by atoms with Gasteiger partial charge in [-0.05, 0) is 37.8 Å². The van der Waals surface area contributed by atoms with E-state index in [1.807, 2.05) is 6.07 Å². The molecule has 0 amide bonds. The highest BCUT2D eigenvalue weighted by Crippen LogP contribution is 2.37. The topological polar surface area (TPSA) is 81.0 Å². The highest BCUT2D eigenvalue weighted by atomic mass is 32.1. The van der Waals surface area contributed by atoms with Crippen molar-refractivity contribution in [2.24, 2.45) is 0 Å². The molecule has 28 heavy (non-hydrogen) atoms. The molecule has 1 aromatic carbocycles. The molecule has 1 saturated carbocycles. The van der Waals surface area contributed by atoms with Crippen LogP contribution in [0.4, 0.5) is 11.5 Å². The van der Waals surface area contributed by atoms with Gasteiger partial charge in [-0.1, -0.05) is 31.4 Å². The average Bonchev–Trinajstić information content (AvgIpc) is 3.01. The summed E-state index contributed by atoms with van der Waals surface area (Å²) in [6.07, 6.45) is 6.09. The third-order valence-corrected chi connectivity index (χ3v) is 6.70. The Morgan fingerprint density at radius 2 is 2.00 bits per heavy atom. The van der Waals surface area contributed by atoms with E-state index in [-0.39, 0.29) is 10.6 Å². The van der Waals surface area contributed by atoms with Gasteiger partial charge in [-0.2, -0.15) is 0 Å². The molecule has 0 spiro atoms. The number of anilines is 1. The predicted octanol–water partition coefficient (Wildman–Crippen LogP) is 5.88. The van der Waals surface area contributed by atoms with Crippen LogP contribution in [0.1, 0.15) is 59.9 Å². The summed E-state index contributed by atoms with van der Waals surface area (Å²) in [7, 11) is 0. The zero-order valence-electron chi connectivity index (χ0n) is 16.2. The lowest BCUT2D eigenvalue weighted by atomic mass is 9.88. The number of fused-ring (bicyclic) bond motifs is 1. The van der Waals surface area contributed by atoms with Crippen LogP contribution < -0.4 is 5.32 Å². The van der Waals surface area contributed by atoms with Crippen LogP contribution in [0.2, 0.25) is 0 Å². The number of non-ortho nitro benzene ring substituents is 1. The van der Waals surface area contributed by atoms with Crippen molar-refractivity contribution in [1.82, 2.24) is 9.97 Å². The molecule has 0 bridgehead atoms. The number of hydrogen-bond donors (Lipinski definition) is 1. The maximum Gasteiger partial charge on any atom is 0.269 e. The Hall–Kier alpha value is -2.54. The number of aromatic nitrogens is 2. The van der Waals surface area contributed by atoms with Crippen molar-refractivity contribution in [1.29, 1.82) is 0 Å². The Balaban J connectivity index is 1.68. The van der Waals surface area contributed by atoms with Crippen molar-refractivity contribution in [2.75, 3.05) is 5.32 Å². The van der Waals surface area contributed by atoms with Crippen LogP contribution in [0.15, 0.2) is 24.3 Å². The molecule has 0 radical (unpaired) electrons. The number of nitro groups is 1. The maximum absolute atomic E-state index is 11.0. The summed E-state index contributed by atoms with van der Waals surface area (Å²) in [5.74, 6) is 2.22. The number of benzene rings is 1. The molecular weight excluding hydrogens is 372 g/mol. The molecule has 146 valence electrons. The first-order chi connectivity index (χ1) is 13.5. The summed E-state index contributed by atoms with van der Waals surface area (Å²) >= 11 is 1.72. The first-order valence-electron chi connectivity index (χ1n) is 9.78. The molecule has 2 aromatic heterocycles. The van der Waals surface area contributed by atoms with E-state index in [9.17, 15) is 10.1 Å². The number of aryl methyl sites for hydroxylation is 2. The van der Waals surface area contributed by atoms with E-state index in [1.54, 1.807) is 23.5 Å². The molecule has 1 aliphatic rings. The van der Waals surface area contributed by atoms with Crippen LogP contribution >= 0.6 is 11.3 Å². The summed E-state index contributed by atoms with van der Waals surface area (Å²) in [6, 6.07) is 6.74. The molecule has 7 heteroatoms. The van der Waals surface area contributed by atoms with Gasteiger partial charge < -0.3 is 5.32 Å². The Morgan fingerprint density at radius 1 is 1.21 bits per heavy atom. The van der Waals surface area contributed by atoms with Crippen molar-refractivity contribution < 1.29 is 4.92 Å². The quantitative estimate of drug-likeness (QED) is 0.430. The van der Waals surface area contributed by atoms with Gasteiger partial charge in [-0.25, -0.2) is 9.97 Å². The van der Waals surface area contributed by atoms with E-state index in [0.717, 1.165) is 40.3 Å². The molecule has 0 saturated heterocycles. The SMILES string of the molecule is Cc1sc2nc(C3CCCCC3)nc(NCc3cccc([N+](=O)[O-])c3)c2c1C. The van der Waals surface area contributed by atoms with E-state index in [0.29, 0.717) is 12.5 Å². The molecular formula is C21H24N4O2S. The lowest BCUT2D eigenvalue weighted by molar-refractivity contribution is -0.384. The lowest BCUT2D eigenvalue weighted by Crippen LogP contribution is -2.11. The molecule has 3 aromatic rings. The van der Waals surface area contributed by atoms with Gasteiger partial charge in [0.2, 0.25) is 0 Å². The Kier molecular flexibility index (Phi) is 5.26. The summed E-state index contributed by atoms with van der Waals surface area (Å²) in [5, 5.41) is 15.5. The molecule has 1 N–H and O–H groups in total. The van der Waals surface area contributed by atoms with Gasteiger partial charge in [0.05, 0.1) is 10.3 Å². The summed E-state index contributed by atoms with van der Waals surface area (Å²) in [4.78, 5) is 22.8. The van der Waals surface area contributed by atoms with Gasteiger partial charge in [0.25, 0.3) is 5.69 Å². The standard InChI is InChI=1S/C21H24N4O2S/c1-13-14(2)28-21-18(13)20(23-19(24-21)16-8-4-3-5-9-16)22-12-15-7-6-10-17(11-15)25(26)27/h6-7,10-11,16H,3-5,8-9,12H2,1-2H3,(H,22,23,24). The lowest BCUT2D eigenvalue weighted by Gasteiger charge is -2.21. The van der Waals surface area contributed by atoms with Crippen LogP contribution in [0, 0.1) is 24.0 Å². The van der Waals surface area contributed by atoms with Gasteiger partial charge in [-0.3, -0.25) is 10.1 Å². The molecule has 1 aliphatic carbocycles. The fourth-order valence-corrected chi connectivity index (χ4v) is 4.94. The van der Waals surface area contributed by atoms with Gasteiger partial charge >= 0.3 is 0 Å². The van der Waals surface area contributed by atoms with Crippen LogP contribution in [-0.2, 0) is 6.54 Å². The van der Waals surface area contributed by atoms with E-state index < -0.39 is 0 Å². The van der Waals surface area contributed by atoms with Crippen molar-refractivity contribution in [2.45, 2.75) is 58.4 Å². The first-order valence-corrected chi connectivity index (χ1v) is 10.6. The Bertz CT molecular complexity index is 1020. The summed E-state index contributed by atoms with van der Waals surface area (Å²) in [6.45, 7) is 4.72. The average molecular weight is 397 g/mol. The second-order valence-electron chi connectivity index (χ2n) is 7.51. The van der Waals surface area contributed by atoms with Crippen LogP contribution in [0.5, 0.6) is 0 Å². The highest BCUT2D eigenvalue weighted by molar-refractivity contribution is 7.18. The minimum Gasteiger partial charge on any atom is -0.365 e. The van der Waals surface area contributed by atoms with Crippen molar-refractivity contribution >= 4 is 33.1 Å². The third kappa shape index (κ3) is 3.71. The largest absolute Gasteiger partial charge is 0.365 e. The Morgan fingerprint density at radius 3 is 2.75 bits per heavy atom. The molecule has 6 nitrogen and oxygen atoms in total. The number of nitrogens with one attached hydrogen (secondary N) is 1. The van der Waals surface area contributed by atoms with Gasteiger partial charge in [0, 0.05) is 29.5 Å². The zero-order valence-corrected chi connectivity index (χ0v) is 17.0. The highest BCUT2D eigenvalue weighted by Gasteiger charge is 2.22. The number of nitro benzene ring substituents is 1. The van der Waals surface area contributed by atoms with Gasteiger partial charge in [-0.15, -0.1) is 11.3 Å². The molecule has 0 unspecified atom stereocenters. The monoisotopic (exact) mass is 396 g/mol. The molecule has 0 aliphatic heterocycles. The second kappa shape index (κ2) is 7.83.